The van der Waals surface area contributed by atoms with E-state index in [-0.39, 0.29) is 17.4 Å². The Kier molecular flexibility index (Phi) is 3.97. The molecule has 0 fully saturated rings. The van der Waals surface area contributed by atoms with Gasteiger partial charge in [0, 0.05) is 30.4 Å². The molecule has 4 rings (SSSR count). The molecule has 0 bridgehead atoms. The normalized spacial score (nSPS) is 19.4. The lowest BCUT2D eigenvalue weighted by Crippen LogP contribution is -2.51. The van der Waals surface area contributed by atoms with E-state index in [2.05, 4.69) is 39.0 Å². The van der Waals surface area contributed by atoms with Crippen LogP contribution in [0.4, 0.5) is 5.69 Å². The largest absolute Gasteiger partial charge is 0.329 e. The van der Waals surface area contributed by atoms with Gasteiger partial charge in [-0.05, 0) is 81.5 Å². The summed E-state index contributed by atoms with van der Waals surface area (Å²) in [5.74, 6) is 0.0903. The third kappa shape index (κ3) is 2.58. The number of hydrogen-bond donors (Lipinski definition) is 0. The van der Waals surface area contributed by atoms with Crippen molar-refractivity contribution in [3.8, 4) is 0 Å². The lowest BCUT2D eigenvalue weighted by Gasteiger charge is -2.44. The number of hydrogen-bond acceptors (Lipinski definition) is 2. The van der Waals surface area contributed by atoms with Gasteiger partial charge in [0.25, 0.3) is 5.91 Å². The van der Waals surface area contributed by atoms with E-state index >= 15 is 0 Å². The summed E-state index contributed by atoms with van der Waals surface area (Å²) in [5.41, 5.74) is 5.47. The summed E-state index contributed by atoms with van der Waals surface area (Å²) < 4.78 is 0. The molecule has 0 aliphatic carbocycles. The highest BCUT2D eigenvalue weighted by molar-refractivity contribution is 6.08. The first kappa shape index (κ1) is 18.7. The van der Waals surface area contributed by atoms with E-state index in [9.17, 15) is 9.59 Å². The quantitative estimate of drug-likeness (QED) is 0.747. The zero-order valence-electron chi connectivity index (χ0n) is 17.6. The second-order valence-corrected chi connectivity index (χ2v) is 9.31. The van der Waals surface area contributed by atoms with Crippen molar-refractivity contribution in [1.29, 1.82) is 0 Å². The number of carbonyl (C=O) groups is 2. The Bertz CT molecular complexity index is 1000. The predicted octanol–water partition coefficient (Wildman–Crippen LogP) is 4.23. The van der Waals surface area contributed by atoms with Crippen LogP contribution in [0.15, 0.2) is 36.4 Å². The molecule has 2 aliphatic rings. The average molecular weight is 377 g/mol. The molecule has 0 aromatic heterocycles. The molecule has 0 saturated heterocycles. The van der Waals surface area contributed by atoms with Crippen LogP contribution in [-0.2, 0) is 23.2 Å². The molecule has 2 amide bonds. The van der Waals surface area contributed by atoms with Crippen LogP contribution in [-0.4, -0.2) is 29.3 Å². The summed E-state index contributed by atoms with van der Waals surface area (Å²) in [7, 11) is 1.80. The molecule has 0 spiro atoms. The maximum Gasteiger partial charge on any atom is 0.254 e. The zero-order chi connectivity index (χ0) is 20.4. The first-order valence-electron chi connectivity index (χ1n) is 9.86. The monoisotopic (exact) mass is 376 g/mol. The minimum absolute atomic E-state index is 0.0257. The molecule has 28 heavy (non-hydrogen) atoms. The van der Waals surface area contributed by atoms with Gasteiger partial charge in [-0.3, -0.25) is 9.59 Å². The van der Waals surface area contributed by atoms with Crippen LogP contribution < -0.4 is 4.90 Å². The van der Waals surface area contributed by atoms with Crippen molar-refractivity contribution >= 4 is 17.5 Å². The van der Waals surface area contributed by atoms with Crippen molar-refractivity contribution in [3.63, 3.8) is 0 Å². The molecule has 2 heterocycles. The summed E-state index contributed by atoms with van der Waals surface area (Å²) in [6, 6.07) is 12.0. The van der Waals surface area contributed by atoms with E-state index in [1.54, 1.807) is 11.9 Å². The standard InChI is InChI=1S/C24H28N2O2/c1-15-8-7-9-17-14-26(23(2,3)13-18(15)17)21(27)16-10-11-20-19(12-16)24(4,5)22(28)25(20)6/h7-12H,13-14H2,1-6H3. The molecule has 4 heteroatoms. The molecule has 2 aliphatic heterocycles. The van der Waals surface area contributed by atoms with Crippen LogP contribution in [0.3, 0.4) is 0 Å². The zero-order valence-corrected chi connectivity index (χ0v) is 17.6. The van der Waals surface area contributed by atoms with Gasteiger partial charge in [-0.25, -0.2) is 0 Å². The van der Waals surface area contributed by atoms with E-state index in [1.165, 1.54) is 16.7 Å². The van der Waals surface area contributed by atoms with Crippen LogP contribution >= 0.6 is 0 Å². The van der Waals surface area contributed by atoms with Crippen LogP contribution in [0.1, 0.15) is 60.3 Å². The molecule has 2 aromatic carbocycles. The van der Waals surface area contributed by atoms with E-state index in [0.717, 1.165) is 17.7 Å². The topological polar surface area (TPSA) is 40.6 Å². The van der Waals surface area contributed by atoms with Crippen molar-refractivity contribution in [2.45, 2.75) is 58.5 Å². The van der Waals surface area contributed by atoms with Gasteiger partial charge in [-0.15, -0.1) is 0 Å². The van der Waals surface area contributed by atoms with Crippen molar-refractivity contribution in [1.82, 2.24) is 4.90 Å². The van der Waals surface area contributed by atoms with E-state index < -0.39 is 5.41 Å². The number of benzene rings is 2. The summed E-state index contributed by atoms with van der Waals surface area (Å²) in [6.07, 6.45) is 0.846. The van der Waals surface area contributed by atoms with Gasteiger partial charge >= 0.3 is 0 Å². The number of carbonyl (C=O) groups excluding carboxylic acids is 2. The first-order chi connectivity index (χ1) is 13.0. The highest BCUT2D eigenvalue weighted by Crippen LogP contribution is 2.42. The molecule has 4 nitrogen and oxygen atoms in total. The van der Waals surface area contributed by atoms with Gasteiger partial charge in [0.15, 0.2) is 0 Å². The molecular weight excluding hydrogens is 348 g/mol. The Balaban J connectivity index is 1.73. The Morgan fingerprint density at radius 1 is 1.07 bits per heavy atom. The van der Waals surface area contributed by atoms with Crippen LogP contribution in [0.2, 0.25) is 0 Å². The van der Waals surface area contributed by atoms with Crippen molar-refractivity contribution in [3.05, 3.63) is 64.2 Å². The number of amides is 2. The second-order valence-electron chi connectivity index (χ2n) is 9.31. The molecular formula is C24H28N2O2. The molecule has 0 atom stereocenters. The van der Waals surface area contributed by atoms with Crippen molar-refractivity contribution in [2.75, 3.05) is 11.9 Å². The van der Waals surface area contributed by atoms with Gasteiger partial charge < -0.3 is 9.80 Å². The van der Waals surface area contributed by atoms with Gasteiger partial charge in [0.05, 0.1) is 5.41 Å². The molecule has 146 valence electrons. The first-order valence-corrected chi connectivity index (χ1v) is 9.86. The number of likely N-dealkylation sites (N-methyl/N-ethyl adjacent to an activating group) is 1. The molecule has 0 unspecified atom stereocenters. The molecule has 0 N–H and O–H groups in total. The minimum atomic E-state index is -0.610. The molecule has 0 radical (unpaired) electrons. The van der Waals surface area contributed by atoms with Crippen LogP contribution in [0.5, 0.6) is 0 Å². The fourth-order valence-corrected chi connectivity index (χ4v) is 4.69. The van der Waals surface area contributed by atoms with Gasteiger partial charge in [0.1, 0.15) is 0 Å². The highest BCUT2D eigenvalue weighted by atomic mass is 16.2. The highest BCUT2D eigenvalue weighted by Gasteiger charge is 2.43. The van der Waals surface area contributed by atoms with Crippen molar-refractivity contribution in [2.24, 2.45) is 0 Å². The maximum atomic E-state index is 13.5. The Morgan fingerprint density at radius 3 is 2.50 bits per heavy atom. The summed E-state index contributed by atoms with van der Waals surface area (Å²) >= 11 is 0. The van der Waals surface area contributed by atoms with E-state index in [0.29, 0.717) is 12.1 Å². The number of aryl methyl sites for hydroxylation is 1. The maximum absolute atomic E-state index is 13.5. The lowest BCUT2D eigenvalue weighted by atomic mass is 9.82. The Labute approximate surface area is 167 Å². The average Bonchev–Trinajstić information content (AvgIpc) is 2.81. The summed E-state index contributed by atoms with van der Waals surface area (Å²) in [4.78, 5) is 29.7. The van der Waals surface area contributed by atoms with Gasteiger partial charge in [0.2, 0.25) is 5.91 Å². The number of fused-ring (bicyclic) bond motifs is 2. The Morgan fingerprint density at radius 2 is 1.79 bits per heavy atom. The predicted molar refractivity (Wildman–Crippen MR) is 112 cm³/mol. The third-order valence-electron chi connectivity index (χ3n) is 6.54. The molecule has 2 aromatic rings. The van der Waals surface area contributed by atoms with E-state index in [4.69, 9.17) is 0 Å². The smallest absolute Gasteiger partial charge is 0.254 e. The second kappa shape index (κ2) is 5.94. The summed E-state index contributed by atoms with van der Waals surface area (Å²) in [5, 5.41) is 0. The van der Waals surface area contributed by atoms with Crippen LogP contribution in [0, 0.1) is 6.92 Å². The van der Waals surface area contributed by atoms with Crippen molar-refractivity contribution < 1.29 is 9.59 Å². The summed E-state index contributed by atoms with van der Waals surface area (Å²) in [6.45, 7) is 10.9. The third-order valence-corrected chi connectivity index (χ3v) is 6.54. The molecule has 0 saturated carbocycles. The lowest BCUT2D eigenvalue weighted by molar-refractivity contribution is -0.121. The fourth-order valence-electron chi connectivity index (χ4n) is 4.69. The van der Waals surface area contributed by atoms with Gasteiger partial charge in [-0.2, -0.15) is 0 Å². The SMILES string of the molecule is Cc1cccc2c1CC(C)(C)N(C(=O)c1ccc3c(c1)C(C)(C)C(=O)N3C)C2. The number of nitrogens with zero attached hydrogens (tertiary/aromatic N) is 2. The Hall–Kier alpha value is -2.62. The fraction of sp³-hybridized carbons (Fsp3) is 0.417. The number of rotatable bonds is 1. The van der Waals surface area contributed by atoms with Gasteiger partial charge in [-0.1, -0.05) is 18.2 Å². The minimum Gasteiger partial charge on any atom is -0.329 e. The number of anilines is 1. The van der Waals surface area contributed by atoms with Crippen LogP contribution in [0.25, 0.3) is 0 Å². The van der Waals surface area contributed by atoms with E-state index in [1.807, 2.05) is 36.9 Å².